The predicted octanol–water partition coefficient (Wildman–Crippen LogP) is 2.92. The van der Waals surface area contributed by atoms with Crippen molar-refractivity contribution in [2.45, 2.75) is 12.3 Å². The first-order chi connectivity index (χ1) is 7.36. The van der Waals surface area contributed by atoms with Crippen molar-refractivity contribution in [2.24, 2.45) is 0 Å². The van der Waals surface area contributed by atoms with Gasteiger partial charge in [0.15, 0.2) is 0 Å². The Balaban J connectivity index is 3.08. The number of benzene rings is 1. The summed E-state index contributed by atoms with van der Waals surface area (Å²) in [5.74, 6) is -4.74. The Morgan fingerprint density at radius 1 is 1.56 bits per heavy atom. The summed E-state index contributed by atoms with van der Waals surface area (Å²) in [6.07, 6.45) is -1.29. The second-order valence-corrected chi connectivity index (χ2v) is 3.53. The molecule has 1 N–H and O–H groups in total. The SMILES string of the molecule is COc1ccc(C(F)(F)CC(=O)O)c(Cl)c1. The van der Waals surface area contributed by atoms with Crippen LogP contribution in [0.15, 0.2) is 18.2 Å². The van der Waals surface area contributed by atoms with Gasteiger partial charge in [-0.15, -0.1) is 0 Å². The zero-order valence-corrected chi connectivity index (χ0v) is 9.09. The van der Waals surface area contributed by atoms with Crippen molar-refractivity contribution in [3.8, 4) is 5.75 Å². The molecule has 1 aromatic rings. The first kappa shape index (κ1) is 12.7. The molecule has 0 radical (unpaired) electrons. The molecule has 3 nitrogen and oxygen atoms in total. The standard InChI is InChI=1S/C10H9ClF2O3/c1-16-6-2-3-7(8(11)4-6)10(12,13)5-9(14)15/h2-4H,5H2,1H3,(H,14,15). The number of alkyl halides is 2. The molecule has 0 aromatic heterocycles. The zero-order chi connectivity index (χ0) is 12.3. The minimum absolute atomic E-state index is 0.217. The lowest BCUT2D eigenvalue weighted by Gasteiger charge is -2.16. The Morgan fingerprint density at radius 2 is 2.19 bits per heavy atom. The fraction of sp³-hybridized carbons (Fsp3) is 0.300. The first-order valence-corrected chi connectivity index (χ1v) is 4.68. The minimum atomic E-state index is -3.49. The van der Waals surface area contributed by atoms with Gasteiger partial charge in [-0.2, -0.15) is 0 Å². The molecular formula is C10H9ClF2O3. The molecule has 0 unspecified atom stereocenters. The number of aliphatic carboxylic acids is 1. The highest BCUT2D eigenvalue weighted by Gasteiger charge is 2.36. The molecule has 1 aromatic carbocycles. The van der Waals surface area contributed by atoms with E-state index >= 15 is 0 Å². The maximum Gasteiger partial charge on any atom is 0.309 e. The number of carboxylic acids is 1. The third-order valence-corrected chi connectivity index (χ3v) is 2.26. The number of methoxy groups -OCH3 is 1. The van der Waals surface area contributed by atoms with Crippen LogP contribution in [-0.2, 0) is 10.7 Å². The summed E-state index contributed by atoms with van der Waals surface area (Å²) in [6, 6.07) is 3.58. The number of hydrogen-bond donors (Lipinski definition) is 1. The fourth-order valence-electron chi connectivity index (χ4n) is 1.20. The Hall–Kier alpha value is -1.36. The molecule has 6 heteroatoms. The van der Waals surface area contributed by atoms with Crippen LogP contribution in [0.4, 0.5) is 8.78 Å². The van der Waals surface area contributed by atoms with Gasteiger partial charge in [-0.1, -0.05) is 11.6 Å². The second kappa shape index (κ2) is 4.65. The summed E-state index contributed by atoms with van der Waals surface area (Å²) in [4.78, 5) is 10.3. The zero-order valence-electron chi connectivity index (χ0n) is 8.34. The Kier molecular flexibility index (Phi) is 3.70. The van der Waals surface area contributed by atoms with E-state index in [1.54, 1.807) is 0 Å². The van der Waals surface area contributed by atoms with Gasteiger partial charge in [-0.3, -0.25) is 4.79 Å². The lowest BCUT2D eigenvalue weighted by molar-refractivity contribution is -0.145. The van der Waals surface area contributed by atoms with E-state index in [4.69, 9.17) is 21.4 Å². The number of carboxylic acid groups (broad SMARTS) is 1. The van der Waals surface area contributed by atoms with Crippen LogP contribution in [0.3, 0.4) is 0 Å². The topological polar surface area (TPSA) is 46.5 Å². The van der Waals surface area contributed by atoms with Gasteiger partial charge >= 0.3 is 5.97 Å². The monoisotopic (exact) mass is 250 g/mol. The normalized spacial score (nSPS) is 11.2. The van der Waals surface area contributed by atoms with Gasteiger partial charge in [0.1, 0.15) is 12.2 Å². The van der Waals surface area contributed by atoms with Crippen LogP contribution in [0.2, 0.25) is 5.02 Å². The summed E-state index contributed by atoms with van der Waals surface area (Å²) >= 11 is 5.62. The highest BCUT2D eigenvalue weighted by atomic mass is 35.5. The van der Waals surface area contributed by atoms with E-state index in [0.29, 0.717) is 5.75 Å². The van der Waals surface area contributed by atoms with Crippen molar-refractivity contribution in [2.75, 3.05) is 7.11 Å². The molecule has 0 amide bonds. The van der Waals surface area contributed by atoms with Gasteiger partial charge in [0.05, 0.1) is 12.1 Å². The number of rotatable bonds is 4. The van der Waals surface area contributed by atoms with Crippen molar-refractivity contribution in [3.05, 3.63) is 28.8 Å². The molecule has 16 heavy (non-hydrogen) atoms. The molecule has 0 heterocycles. The van der Waals surface area contributed by atoms with E-state index < -0.39 is 23.9 Å². The average molecular weight is 251 g/mol. The van der Waals surface area contributed by atoms with Crippen LogP contribution < -0.4 is 4.74 Å². The Labute approximate surface area is 95.6 Å². The van der Waals surface area contributed by atoms with Gasteiger partial charge in [-0.05, 0) is 18.2 Å². The highest BCUT2D eigenvalue weighted by molar-refractivity contribution is 6.31. The Morgan fingerprint density at radius 3 is 2.62 bits per heavy atom. The summed E-state index contributed by atoms with van der Waals surface area (Å²) in [6.45, 7) is 0. The molecule has 0 bridgehead atoms. The number of ether oxygens (including phenoxy) is 1. The number of halogens is 3. The molecule has 0 aliphatic carbocycles. The third-order valence-electron chi connectivity index (χ3n) is 1.94. The first-order valence-electron chi connectivity index (χ1n) is 4.30. The van der Waals surface area contributed by atoms with Crippen LogP contribution in [-0.4, -0.2) is 18.2 Å². The summed E-state index contributed by atoms with van der Waals surface area (Å²) in [5, 5.41) is 8.14. The van der Waals surface area contributed by atoms with Gasteiger partial charge in [0.25, 0.3) is 5.92 Å². The molecule has 0 saturated heterocycles. The Bertz CT molecular complexity index is 407. The third kappa shape index (κ3) is 2.82. The lowest BCUT2D eigenvalue weighted by atomic mass is 10.1. The van der Waals surface area contributed by atoms with Crippen molar-refractivity contribution >= 4 is 17.6 Å². The molecular weight excluding hydrogens is 242 g/mol. The van der Waals surface area contributed by atoms with Crippen LogP contribution in [0.25, 0.3) is 0 Å². The molecule has 0 aliphatic rings. The van der Waals surface area contributed by atoms with Crippen molar-refractivity contribution in [1.82, 2.24) is 0 Å². The molecule has 88 valence electrons. The van der Waals surface area contributed by atoms with Crippen LogP contribution in [0, 0.1) is 0 Å². The van der Waals surface area contributed by atoms with E-state index in [2.05, 4.69) is 0 Å². The number of carbonyl (C=O) groups is 1. The lowest BCUT2D eigenvalue weighted by Crippen LogP contribution is -2.18. The quantitative estimate of drug-likeness (QED) is 0.894. The average Bonchev–Trinajstić information content (AvgIpc) is 2.14. The van der Waals surface area contributed by atoms with E-state index in [1.807, 2.05) is 0 Å². The summed E-state index contributed by atoms with van der Waals surface area (Å²) in [7, 11) is 1.38. The molecule has 0 aliphatic heterocycles. The molecule has 0 saturated carbocycles. The van der Waals surface area contributed by atoms with Crippen LogP contribution in [0.1, 0.15) is 12.0 Å². The minimum Gasteiger partial charge on any atom is -0.497 e. The summed E-state index contributed by atoms with van der Waals surface area (Å²) in [5.41, 5.74) is -0.516. The van der Waals surface area contributed by atoms with Crippen LogP contribution in [0.5, 0.6) is 5.75 Å². The van der Waals surface area contributed by atoms with Crippen molar-refractivity contribution in [1.29, 1.82) is 0 Å². The number of hydrogen-bond acceptors (Lipinski definition) is 2. The van der Waals surface area contributed by atoms with E-state index in [9.17, 15) is 13.6 Å². The molecule has 1 rings (SSSR count). The second-order valence-electron chi connectivity index (χ2n) is 3.12. The van der Waals surface area contributed by atoms with E-state index in [-0.39, 0.29) is 5.02 Å². The van der Waals surface area contributed by atoms with E-state index in [0.717, 1.165) is 6.07 Å². The molecule has 0 atom stereocenters. The van der Waals surface area contributed by atoms with Gasteiger partial charge in [0, 0.05) is 5.56 Å². The fourth-order valence-corrected chi connectivity index (χ4v) is 1.51. The van der Waals surface area contributed by atoms with E-state index in [1.165, 1.54) is 19.2 Å². The maximum absolute atomic E-state index is 13.4. The molecule has 0 fully saturated rings. The van der Waals surface area contributed by atoms with Gasteiger partial charge in [0.2, 0.25) is 0 Å². The maximum atomic E-state index is 13.4. The van der Waals surface area contributed by atoms with Gasteiger partial charge < -0.3 is 9.84 Å². The highest BCUT2D eigenvalue weighted by Crippen LogP contribution is 2.37. The van der Waals surface area contributed by atoms with Gasteiger partial charge in [-0.25, -0.2) is 8.78 Å². The molecule has 0 spiro atoms. The summed E-state index contributed by atoms with van der Waals surface area (Å²) < 4.78 is 31.6. The van der Waals surface area contributed by atoms with Crippen molar-refractivity contribution < 1.29 is 23.4 Å². The predicted molar refractivity (Wildman–Crippen MR) is 54.2 cm³/mol. The van der Waals surface area contributed by atoms with Crippen molar-refractivity contribution in [3.63, 3.8) is 0 Å². The largest absolute Gasteiger partial charge is 0.497 e. The van der Waals surface area contributed by atoms with Crippen LogP contribution >= 0.6 is 11.6 Å². The smallest absolute Gasteiger partial charge is 0.309 e.